The third-order valence-corrected chi connectivity index (χ3v) is 4.24. The van der Waals surface area contributed by atoms with Crippen LogP contribution in [0, 0.1) is 6.92 Å². The smallest absolute Gasteiger partial charge is 0.0231 e. The number of rotatable bonds is 4. The maximum Gasteiger partial charge on any atom is 0.0231 e. The minimum atomic E-state index is 0.689. The lowest BCUT2D eigenvalue weighted by molar-refractivity contribution is 0.293. The van der Waals surface area contributed by atoms with Gasteiger partial charge in [-0.25, -0.2) is 0 Å². The predicted molar refractivity (Wildman–Crippen MR) is 76.2 cm³/mol. The molecule has 1 saturated heterocycles. The third kappa shape index (κ3) is 3.80. The summed E-state index contributed by atoms with van der Waals surface area (Å²) in [6, 6.07) is 7.32. The molecule has 1 aliphatic heterocycles. The van der Waals surface area contributed by atoms with Crippen molar-refractivity contribution < 1.29 is 0 Å². The SMILES string of the molecule is Cc1ccc(CN(C)CC2CCCN2)cc1Br. The highest BCUT2D eigenvalue weighted by Crippen LogP contribution is 2.18. The standard InChI is InChI=1S/C14H21BrN2/c1-11-5-6-12(8-14(11)15)9-17(2)10-13-4-3-7-16-13/h5-6,8,13,16H,3-4,7,9-10H2,1-2H3. The van der Waals surface area contributed by atoms with Crippen LogP contribution in [0.3, 0.4) is 0 Å². The van der Waals surface area contributed by atoms with Gasteiger partial charge in [-0.15, -0.1) is 0 Å². The zero-order valence-electron chi connectivity index (χ0n) is 10.7. The molecule has 1 aliphatic rings. The average molecular weight is 297 g/mol. The Morgan fingerprint density at radius 2 is 2.29 bits per heavy atom. The van der Waals surface area contributed by atoms with Gasteiger partial charge in [0, 0.05) is 23.6 Å². The number of likely N-dealkylation sites (N-methyl/N-ethyl adjacent to an activating group) is 1. The van der Waals surface area contributed by atoms with Crippen molar-refractivity contribution >= 4 is 15.9 Å². The molecule has 0 radical (unpaired) electrons. The summed E-state index contributed by atoms with van der Waals surface area (Å²) in [4.78, 5) is 2.40. The van der Waals surface area contributed by atoms with Crippen LogP contribution in [0.15, 0.2) is 22.7 Å². The van der Waals surface area contributed by atoms with E-state index in [0.717, 1.165) is 13.1 Å². The van der Waals surface area contributed by atoms with E-state index in [1.807, 2.05) is 0 Å². The fourth-order valence-electron chi connectivity index (χ4n) is 2.40. The van der Waals surface area contributed by atoms with E-state index in [0.29, 0.717) is 6.04 Å². The molecule has 2 nitrogen and oxygen atoms in total. The summed E-state index contributed by atoms with van der Waals surface area (Å²) in [7, 11) is 2.20. The van der Waals surface area contributed by atoms with Crippen LogP contribution in [-0.4, -0.2) is 31.1 Å². The van der Waals surface area contributed by atoms with E-state index in [4.69, 9.17) is 0 Å². The Labute approximate surface area is 113 Å². The first-order valence-electron chi connectivity index (χ1n) is 6.32. The van der Waals surface area contributed by atoms with Crippen molar-refractivity contribution in [3.05, 3.63) is 33.8 Å². The molecule has 0 saturated carbocycles. The van der Waals surface area contributed by atoms with E-state index >= 15 is 0 Å². The van der Waals surface area contributed by atoms with Crippen LogP contribution in [0.2, 0.25) is 0 Å². The average Bonchev–Trinajstić information content (AvgIpc) is 2.76. The van der Waals surface area contributed by atoms with E-state index in [2.05, 4.69) is 58.3 Å². The second-order valence-corrected chi connectivity index (χ2v) is 5.93. The number of nitrogens with one attached hydrogen (secondary N) is 1. The Bertz CT molecular complexity index is 372. The van der Waals surface area contributed by atoms with Gasteiger partial charge >= 0.3 is 0 Å². The molecule has 0 amide bonds. The quantitative estimate of drug-likeness (QED) is 0.919. The molecule has 1 aromatic carbocycles. The number of benzene rings is 1. The molecule has 1 heterocycles. The van der Waals surface area contributed by atoms with Crippen LogP contribution < -0.4 is 5.32 Å². The number of halogens is 1. The van der Waals surface area contributed by atoms with Crippen LogP contribution >= 0.6 is 15.9 Å². The van der Waals surface area contributed by atoms with Gasteiger partial charge in [0.1, 0.15) is 0 Å². The van der Waals surface area contributed by atoms with Gasteiger partial charge in [0.25, 0.3) is 0 Å². The van der Waals surface area contributed by atoms with Crippen molar-refractivity contribution in [2.45, 2.75) is 32.4 Å². The molecule has 3 heteroatoms. The minimum absolute atomic E-state index is 0.689. The lowest BCUT2D eigenvalue weighted by Crippen LogP contribution is -2.34. The summed E-state index contributed by atoms with van der Waals surface area (Å²) >= 11 is 3.59. The number of aryl methyl sites for hydroxylation is 1. The summed E-state index contributed by atoms with van der Waals surface area (Å²) in [5.41, 5.74) is 2.68. The van der Waals surface area contributed by atoms with Crippen LogP contribution in [0.1, 0.15) is 24.0 Å². The van der Waals surface area contributed by atoms with Gasteiger partial charge in [0.2, 0.25) is 0 Å². The topological polar surface area (TPSA) is 15.3 Å². The Balaban J connectivity index is 1.88. The van der Waals surface area contributed by atoms with Crippen LogP contribution in [0.25, 0.3) is 0 Å². The lowest BCUT2D eigenvalue weighted by atomic mass is 10.1. The molecule has 1 aromatic rings. The summed E-state index contributed by atoms with van der Waals surface area (Å²) in [6.07, 6.45) is 2.65. The highest BCUT2D eigenvalue weighted by Gasteiger charge is 2.15. The third-order valence-electron chi connectivity index (χ3n) is 3.38. The molecule has 1 unspecified atom stereocenters. The predicted octanol–water partition coefficient (Wildman–Crippen LogP) is 2.94. The van der Waals surface area contributed by atoms with Crippen molar-refractivity contribution in [1.82, 2.24) is 10.2 Å². The van der Waals surface area contributed by atoms with E-state index in [-0.39, 0.29) is 0 Å². The molecule has 1 atom stereocenters. The maximum atomic E-state index is 3.59. The molecule has 0 spiro atoms. The van der Waals surface area contributed by atoms with E-state index < -0.39 is 0 Å². The zero-order valence-corrected chi connectivity index (χ0v) is 12.3. The number of hydrogen-bond acceptors (Lipinski definition) is 2. The Kier molecular flexibility index (Phi) is 4.60. The van der Waals surface area contributed by atoms with Gasteiger partial charge < -0.3 is 10.2 Å². The second kappa shape index (κ2) is 5.98. The highest BCUT2D eigenvalue weighted by molar-refractivity contribution is 9.10. The van der Waals surface area contributed by atoms with Crippen molar-refractivity contribution in [2.75, 3.05) is 20.1 Å². The molecule has 2 rings (SSSR count). The van der Waals surface area contributed by atoms with Crippen molar-refractivity contribution in [1.29, 1.82) is 0 Å². The van der Waals surface area contributed by atoms with Gasteiger partial charge in [-0.05, 0) is 50.6 Å². The van der Waals surface area contributed by atoms with Crippen molar-refractivity contribution in [3.63, 3.8) is 0 Å². The monoisotopic (exact) mass is 296 g/mol. The van der Waals surface area contributed by atoms with Gasteiger partial charge in [-0.3, -0.25) is 0 Å². The number of hydrogen-bond donors (Lipinski definition) is 1. The second-order valence-electron chi connectivity index (χ2n) is 5.07. The Hall–Kier alpha value is -0.380. The van der Waals surface area contributed by atoms with E-state index in [1.165, 1.54) is 35.0 Å². The number of nitrogens with zero attached hydrogens (tertiary/aromatic N) is 1. The fourth-order valence-corrected chi connectivity index (χ4v) is 2.83. The molecular formula is C14H21BrN2. The van der Waals surface area contributed by atoms with Crippen LogP contribution in [0.4, 0.5) is 0 Å². The van der Waals surface area contributed by atoms with Crippen molar-refractivity contribution in [2.24, 2.45) is 0 Å². The zero-order chi connectivity index (χ0) is 12.3. The molecule has 17 heavy (non-hydrogen) atoms. The summed E-state index contributed by atoms with van der Waals surface area (Å²) < 4.78 is 1.21. The lowest BCUT2D eigenvalue weighted by Gasteiger charge is -2.21. The largest absolute Gasteiger partial charge is 0.313 e. The summed E-state index contributed by atoms with van der Waals surface area (Å²) in [5.74, 6) is 0. The summed E-state index contributed by atoms with van der Waals surface area (Å²) in [5, 5.41) is 3.54. The first-order valence-corrected chi connectivity index (χ1v) is 7.11. The van der Waals surface area contributed by atoms with Crippen molar-refractivity contribution in [3.8, 4) is 0 Å². The van der Waals surface area contributed by atoms with Gasteiger partial charge in [0.15, 0.2) is 0 Å². The molecule has 1 N–H and O–H groups in total. The van der Waals surface area contributed by atoms with E-state index in [1.54, 1.807) is 0 Å². The van der Waals surface area contributed by atoms with Gasteiger partial charge in [-0.2, -0.15) is 0 Å². The van der Waals surface area contributed by atoms with Crippen LogP contribution in [0.5, 0.6) is 0 Å². The fraction of sp³-hybridized carbons (Fsp3) is 0.571. The van der Waals surface area contributed by atoms with E-state index in [9.17, 15) is 0 Å². The Morgan fingerprint density at radius 1 is 1.47 bits per heavy atom. The first kappa shape index (κ1) is 13.1. The summed E-state index contributed by atoms with van der Waals surface area (Å²) in [6.45, 7) is 5.48. The normalized spacial score (nSPS) is 20.1. The molecule has 0 aliphatic carbocycles. The maximum absolute atomic E-state index is 3.59. The highest BCUT2D eigenvalue weighted by atomic mass is 79.9. The van der Waals surface area contributed by atoms with Crippen LogP contribution in [-0.2, 0) is 6.54 Å². The minimum Gasteiger partial charge on any atom is -0.313 e. The van der Waals surface area contributed by atoms with Gasteiger partial charge in [-0.1, -0.05) is 28.1 Å². The molecule has 1 fully saturated rings. The first-order chi connectivity index (χ1) is 8.15. The molecular weight excluding hydrogens is 276 g/mol. The van der Waals surface area contributed by atoms with Gasteiger partial charge in [0.05, 0.1) is 0 Å². The Morgan fingerprint density at radius 3 is 2.94 bits per heavy atom. The molecule has 94 valence electrons. The molecule has 0 aromatic heterocycles. The molecule has 0 bridgehead atoms.